The molecule has 1 amide bonds. The van der Waals surface area contributed by atoms with Gasteiger partial charge in [-0.3, -0.25) is 4.79 Å². The van der Waals surface area contributed by atoms with E-state index in [4.69, 9.17) is 5.11 Å². The fourth-order valence-electron chi connectivity index (χ4n) is 1.67. The quantitative estimate of drug-likeness (QED) is 0.868. The Morgan fingerprint density at radius 2 is 1.95 bits per heavy atom. The van der Waals surface area contributed by atoms with Crippen molar-refractivity contribution in [3.05, 3.63) is 33.8 Å². The normalized spacial score (nSPS) is 14.0. The molecule has 1 aromatic rings. The van der Waals surface area contributed by atoms with Gasteiger partial charge in [-0.25, -0.2) is 8.78 Å². The highest BCUT2D eigenvalue weighted by molar-refractivity contribution is 9.10. The van der Waals surface area contributed by atoms with Crippen molar-refractivity contribution in [1.29, 1.82) is 0 Å². The fourth-order valence-corrected chi connectivity index (χ4v) is 2.07. The first-order chi connectivity index (χ1) is 8.83. The maximum absolute atomic E-state index is 13.6. The molecular weight excluding hydrogens is 320 g/mol. The van der Waals surface area contributed by atoms with Gasteiger partial charge in [0.25, 0.3) is 5.91 Å². The third kappa shape index (κ3) is 3.98. The van der Waals surface area contributed by atoms with Crippen LogP contribution in [0, 0.1) is 11.6 Å². The van der Waals surface area contributed by atoms with Crippen LogP contribution in [0.4, 0.5) is 8.78 Å². The Hall–Kier alpha value is -1.01. The minimum Gasteiger partial charge on any atom is -0.396 e. The smallest absolute Gasteiger partial charge is 0.257 e. The summed E-state index contributed by atoms with van der Waals surface area (Å²) in [5.41, 5.74) is -1.31. The van der Waals surface area contributed by atoms with Crippen molar-refractivity contribution in [3.8, 4) is 0 Å². The number of rotatable bonds is 5. The van der Waals surface area contributed by atoms with Crippen LogP contribution in [0.2, 0.25) is 0 Å². The van der Waals surface area contributed by atoms with Crippen molar-refractivity contribution < 1.29 is 18.7 Å². The van der Waals surface area contributed by atoms with Gasteiger partial charge in [0.05, 0.1) is 0 Å². The van der Waals surface area contributed by atoms with Gasteiger partial charge in [-0.05, 0) is 31.9 Å². The van der Waals surface area contributed by atoms with Gasteiger partial charge in [-0.1, -0.05) is 22.9 Å². The average Bonchev–Trinajstić information content (AvgIpc) is 2.27. The van der Waals surface area contributed by atoms with E-state index < -0.39 is 28.6 Å². The second-order valence-corrected chi connectivity index (χ2v) is 5.50. The van der Waals surface area contributed by atoms with E-state index in [-0.39, 0.29) is 11.1 Å². The summed E-state index contributed by atoms with van der Waals surface area (Å²) >= 11 is 2.95. The molecule has 0 radical (unpaired) electrons. The molecule has 0 aromatic heterocycles. The van der Waals surface area contributed by atoms with Crippen molar-refractivity contribution in [1.82, 2.24) is 5.32 Å². The molecule has 0 aliphatic heterocycles. The van der Waals surface area contributed by atoms with Crippen molar-refractivity contribution >= 4 is 21.8 Å². The van der Waals surface area contributed by atoms with Crippen LogP contribution in [0.15, 0.2) is 16.6 Å². The molecule has 0 fully saturated rings. The molecule has 19 heavy (non-hydrogen) atoms. The van der Waals surface area contributed by atoms with E-state index in [2.05, 4.69) is 21.2 Å². The van der Waals surface area contributed by atoms with Crippen LogP contribution in [-0.2, 0) is 0 Å². The topological polar surface area (TPSA) is 49.3 Å². The molecule has 0 spiro atoms. The molecule has 0 aliphatic carbocycles. The third-order valence-electron chi connectivity index (χ3n) is 3.09. The number of carbonyl (C=O) groups is 1. The maximum atomic E-state index is 13.6. The molecule has 2 N–H and O–H groups in total. The number of nitrogens with one attached hydrogen (secondary N) is 1. The van der Waals surface area contributed by atoms with E-state index in [0.717, 1.165) is 12.1 Å². The minimum atomic E-state index is -0.924. The molecule has 3 nitrogen and oxygen atoms in total. The van der Waals surface area contributed by atoms with E-state index in [1.165, 1.54) is 0 Å². The van der Waals surface area contributed by atoms with Gasteiger partial charge in [0.2, 0.25) is 0 Å². The number of aliphatic hydroxyl groups is 1. The lowest BCUT2D eigenvalue weighted by Crippen LogP contribution is -2.46. The lowest BCUT2D eigenvalue weighted by molar-refractivity contribution is 0.0877. The summed E-state index contributed by atoms with van der Waals surface area (Å²) in [5, 5.41) is 11.5. The molecule has 0 heterocycles. The van der Waals surface area contributed by atoms with E-state index in [9.17, 15) is 13.6 Å². The van der Waals surface area contributed by atoms with Crippen LogP contribution in [0.1, 0.15) is 37.0 Å². The lowest BCUT2D eigenvalue weighted by atomic mass is 9.94. The summed E-state index contributed by atoms with van der Waals surface area (Å²) in [5.74, 6) is -2.67. The Bertz CT molecular complexity index is 459. The van der Waals surface area contributed by atoms with Gasteiger partial charge in [-0.15, -0.1) is 0 Å². The second kappa shape index (κ2) is 6.43. The Balaban J connectivity index is 3.02. The van der Waals surface area contributed by atoms with Crippen molar-refractivity contribution in [2.24, 2.45) is 0 Å². The highest BCUT2D eigenvalue weighted by atomic mass is 79.9. The highest BCUT2D eigenvalue weighted by Crippen LogP contribution is 2.21. The number of amides is 1. The molecule has 1 atom stereocenters. The third-order valence-corrected chi connectivity index (χ3v) is 3.55. The first kappa shape index (κ1) is 16.0. The molecule has 1 aromatic carbocycles. The first-order valence-electron chi connectivity index (χ1n) is 5.91. The zero-order valence-corrected chi connectivity index (χ0v) is 12.4. The van der Waals surface area contributed by atoms with Gasteiger partial charge in [-0.2, -0.15) is 0 Å². The first-order valence-corrected chi connectivity index (χ1v) is 6.70. The zero-order valence-electron chi connectivity index (χ0n) is 10.8. The summed E-state index contributed by atoms with van der Waals surface area (Å²) < 4.78 is 27.5. The van der Waals surface area contributed by atoms with Gasteiger partial charge in [0.15, 0.2) is 0 Å². The van der Waals surface area contributed by atoms with Gasteiger partial charge in [0, 0.05) is 16.6 Å². The number of hydrogen-bond donors (Lipinski definition) is 2. The Morgan fingerprint density at radius 3 is 2.37 bits per heavy atom. The van der Waals surface area contributed by atoms with Crippen LogP contribution in [0.3, 0.4) is 0 Å². The van der Waals surface area contributed by atoms with E-state index in [1.54, 1.807) is 6.92 Å². The summed E-state index contributed by atoms with van der Waals surface area (Å²) in [4.78, 5) is 12.0. The SMILES string of the molecule is CCC(C)(CCO)NC(=O)c1c(F)cc(Br)cc1F. The van der Waals surface area contributed by atoms with Gasteiger partial charge >= 0.3 is 0 Å². The van der Waals surface area contributed by atoms with Gasteiger partial charge < -0.3 is 10.4 Å². The van der Waals surface area contributed by atoms with Crippen LogP contribution in [0.25, 0.3) is 0 Å². The van der Waals surface area contributed by atoms with Gasteiger partial charge in [0.1, 0.15) is 17.2 Å². The number of aliphatic hydroxyl groups excluding tert-OH is 1. The van der Waals surface area contributed by atoms with Crippen LogP contribution >= 0.6 is 15.9 Å². The molecule has 1 rings (SSSR count). The summed E-state index contributed by atoms with van der Waals surface area (Å²) in [6.45, 7) is 3.43. The van der Waals surface area contributed by atoms with Crippen LogP contribution in [-0.4, -0.2) is 23.2 Å². The van der Waals surface area contributed by atoms with Crippen LogP contribution < -0.4 is 5.32 Å². The number of carbonyl (C=O) groups excluding carboxylic acids is 1. The van der Waals surface area contributed by atoms with E-state index >= 15 is 0 Å². The molecule has 1 unspecified atom stereocenters. The predicted octanol–water partition coefficient (Wildman–Crippen LogP) is 3.01. The molecule has 0 saturated heterocycles. The fraction of sp³-hybridized carbons (Fsp3) is 0.462. The molecule has 6 heteroatoms. The van der Waals surface area contributed by atoms with Crippen molar-refractivity contribution in [2.45, 2.75) is 32.2 Å². The predicted molar refractivity (Wildman–Crippen MR) is 71.9 cm³/mol. The summed E-state index contributed by atoms with van der Waals surface area (Å²) in [6.07, 6.45) is 0.855. The molecule has 0 saturated carbocycles. The van der Waals surface area contributed by atoms with Crippen molar-refractivity contribution in [2.75, 3.05) is 6.61 Å². The molecular formula is C13H16BrF2NO2. The molecule has 0 bridgehead atoms. The largest absolute Gasteiger partial charge is 0.396 e. The van der Waals surface area contributed by atoms with E-state index in [0.29, 0.717) is 12.8 Å². The lowest BCUT2D eigenvalue weighted by Gasteiger charge is -2.29. The summed E-state index contributed by atoms with van der Waals surface area (Å²) in [6, 6.07) is 2.07. The number of halogens is 3. The monoisotopic (exact) mass is 335 g/mol. The minimum absolute atomic E-state index is 0.115. The Morgan fingerprint density at radius 1 is 1.42 bits per heavy atom. The second-order valence-electron chi connectivity index (χ2n) is 4.59. The van der Waals surface area contributed by atoms with E-state index in [1.807, 2.05) is 6.92 Å². The highest BCUT2D eigenvalue weighted by Gasteiger charge is 2.27. The average molecular weight is 336 g/mol. The molecule has 0 aliphatic rings. The standard InChI is InChI=1S/C13H16BrF2NO2/c1-3-13(2,4-5-18)17-12(19)11-9(15)6-8(14)7-10(11)16/h6-7,18H,3-5H2,1-2H3,(H,17,19). The van der Waals surface area contributed by atoms with Crippen LogP contribution in [0.5, 0.6) is 0 Å². The number of benzene rings is 1. The maximum Gasteiger partial charge on any atom is 0.257 e. The zero-order chi connectivity index (χ0) is 14.6. The molecule has 106 valence electrons. The van der Waals surface area contributed by atoms with Crippen molar-refractivity contribution in [3.63, 3.8) is 0 Å². The number of hydrogen-bond acceptors (Lipinski definition) is 2. The summed E-state index contributed by atoms with van der Waals surface area (Å²) in [7, 11) is 0. The Labute approximate surface area is 119 Å². The Kier molecular flexibility index (Phi) is 5.43.